The van der Waals surface area contributed by atoms with E-state index < -0.39 is 5.25 Å². The van der Waals surface area contributed by atoms with Crippen molar-refractivity contribution in [3.8, 4) is 0 Å². The van der Waals surface area contributed by atoms with Crippen molar-refractivity contribution in [3.63, 3.8) is 0 Å². The van der Waals surface area contributed by atoms with Crippen molar-refractivity contribution in [2.45, 2.75) is 16.6 Å². The van der Waals surface area contributed by atoms with Crippen LogP contribution in [0.3, 0.4) is 0 Å². The molecule has 23 heavy (non-hydrogen) atoms. The van der Waals surface area contributed by atoms with Gasteiger partial charge >= 0.3 is 0 Å². The Kier molecular flexibility index (Phi) is 4.53. The summed E-state index contributed by atoms with van der Waals surface area (Å²) in [6.45, 7) is 0. The Morgan fingerprint density at radius 1 is 1.04 bits per heavy atom. The minimum absolute atomic E-state index is 0.147. The largest absolute Gasteiger partial charge is 0.399 e. The van der Waals surface area contributed by atoms with Gasteiger partial charge in [0.1, 0.15) is 0 Å². The van der Waals surface area contributed by atoms with Gasteiger partial charge in [-0.3, -0.25) is 9.59 Å². The van der Waals surface area contributed by atoms with E-state index in [9.17, 15) is 9.59 Å². The van der Waals surface area contributed by atoms with Gasteiger partial charge in [-0.05, 0) is 42.5 Å². The van der Waals surface area contributed by atoms with Crippen LogP contribution in [0.15, 0.2) is 47.4 Å². The smallest absolute Gasteiger partial charge is 0.247 e. The van der Waals surface area contributed by atoms with Gasteiger partial charge in [0.15, 0.2) is 0 Å². The van der Waals surface area contributed by atoms with E-state index in [-0.39, 0.29) is 18.2 Å². The monoisotopic (exact) mass is 366 g/mol. The van der Waals surface area contributed by atoms with Crippen molar-refractivity contribution in [1.29, 1.82) is 0 Å². The van der Waals surface area contributed by atoms with E-state index in [0.717, 1.165) is 9.80 Å². The number of rotatable bonds is 3. The summed E-state index contributed by atoms with van der Waals surface area (Å²) in [7, 11) is 0. The lowest BCUT2D eigenvalue weighted by Gasteiger charge is -2.15. The highest BCUT2D eigenvalue weighted by Crippen LogP contribution is 2.36. The second-order valence-corrected chi connectivity index (χ2v) is 7.14. The molecule has 118 valence electrons. The molecule has 0 aromatic heterocycles. The van der Waals surface area contributed by atoms with Gasteiger partial charge < -0.3 is 5.73 Å². The first-order valence-corrected chi connectivity index (χ1v) is 8.43. The number of thioether (sulfide) groups is 1. The highest BCUT2D eigenvalue weighted by molar-refractivity contribution is 8.00. The van der Waals surface area contributed by atoms with Crippen molar-refractivity contribution in [3.05, 3.63) is 52.5 Å². The maximum absolute atomic E-state index is 12.6. The minimum atomic E-state index is -0.458. The zero-order valence-corrected chi connectivity index (χ0v) is 14.2. The fraction of sp³-hybridized carbons (Fsp3) is 0.125. The number of halogens is 2. The Balaban J connectivity index is 1.82. The van der Waals surface area contributed by atoms with Crippen molar-refractivity contribution in [2.75, 3.05) is 10.6 Å². The molecule has 0 radical (unpaired) electrons. The number of carbonyl (C=O) groups excluding carboxylic acids is 2. The van der Waals surface area contributed by atoms with Crippen LogP contribution in [-0.4, -0.2) is 17.1 Å². The number of hydrogen-bond acceptors (Lipinski definition) is 4. The predicted octanol–water partition coefficient (Wildman–Crippen LogP) is 4.00. The van der Waals surface area contributed by atoms with E-state index >= 15 is 0 Å². The molecule has 1 unspecified atom stereocenters. The molecule has 7 heteroatoms. The van der Waals surface area contributed by atoms with Crippen LogP contribution in [0.2, 0.25) is 10.0 Å². The average molecular weight is 367 g/mol. The molecule has 1 heterocycles. The molecule has 1 fully saturated rings. The van der Waals surface area contributed by atoms with Gasteiger partial charge in [-0.1, -0.05) is 23.2 Å². The second kappa shape index (κ2) is 6.43. The molecule has 0 bridgehead atoms. The van der Waals surface area contributed by atoms with Gasteiger partial charge in [-0.15, -0.1) is 11.8 Å². The van der Waals surface area contributed by atoms with E-state index in [1.54, 1.807) is 24.3 Å². The van der Waals surface area contributed by atoms with Crippen LogP contribution < -0.4 is 10.6 Å². The molecule has 1 aliphatic heterocycles. The van der Waals surface area contributed by atoms with Crippen LogP contribution in [0.5, 0.6) is 0 Å². The van der Waals surface area contributed by atoms with E-state index in [0.29, 0.717) is 21.4 Å². The maximum atomic E-state index is 12.6. The van der Waals surface area contributed by atoms with Crippen molar-refractivity contribution < 1.29 is 9.59 Å². The number of nitrogens with zero attached hydrogens (tertiary/aromatic N) is 1. The molecule has 2 N–H and O–H groups in total. The maximum Gasteiger partial charge on any atom is 0.247 e. The summed E-state index contributed by atoms with van der Waals surface area (Å²) in [5.74, 6) is -0.503. The topological polar surface area (TPSA) is 63.4 Å². The van der Waals surface area contributed by atoms with E-state index in [2.05, 4.69) is 0 Å². The lowest BCUT2D eigenvalue weighted by atomic mass is 10.3. The standard InChI is InChI=1S/C16H12Cl2N2O2S/c17-12-6-3-10(7-13(12)18)20-15(21)8-14(16(20)22)23-11-4-1-9(19)2-5-11/h1-7,14H,8,19H2. The van der Waals surface area contributed by atoms with Crippen LogP contribution >= 0.6 is 35.0 Å². The van der Waals surface area contributed by atoms with Crippen LogP contribution in [-0.2, 0) is 9.59 Å². The SMILES string of the molecule is Nc1ccc(SC2CC(=O)N(c3ccc(Cl)c(Cl)c3)C2=O)cc1. The molecule has 1 saturated heterocycles. The van der Waals surface area contributed by atoms with Crippen LogP contribution in [0.25, 0.3) is 0 Å². The number of imide groups is 1. The lowest BCUT2D eigenvalue weighted by molar-refractivity contribution is -0.121. The number of hydrogen-bond donors (Lipinski definition) is 1. The van der Waals surface area contributed by atoms with Crippen LogP contribution in [0.1, 0.15) is 6.42 Å². The Labute approximate surface area is 147 Å². The highest BCUT2D eigenvalue weighted by atomic mass is 35.5. The number of benzene rings is 2. The highest BCUT2D eigenvalue weighted by Gasteiger charge is 2.40. The van der Waals surface area contributed by atoms with E-state index in [4.69, 9.17) is 28.9 Å². The molecule has 2 aromatic carbocycles. The number of anilines is 2. The summed E-state index contributed by atoms with van der Waals surface area (Å²) in [5, 5.41) is 0.224. The Morgan fingerprint density at radius 2 is 1.74 bits per heavy atom. The van der Waals surface area contributed by atoms with Gasteiger partial charge in [0.25, 0.3) is 0 Å². The van der Waals surface area contributed by atoms with Crippen LogP contribution in [0.4, 0.5) is 11.4 Å². The third kappa shape index (κ3) is 3.32. The van der Waals surface area contributed by atoms with Crippen LogP contribution in [0, 0.1) is 0 Å². The molecule has 1 atom stereocenters. The van der Waals surface area contributed by atoms with E-state index in [1.165, 1.54) is 17.8 Å². The Hall–Kier alpha value is -1.69. The number of nitrogen functional groups attached to an aromatic ring is 1. The molecule has 0 spiro atoms. The zero-order chi connectivity index (χ0) is 16.6. The Morgan fingerprint density at radius 3 is 2.39 bits per heavy atom. The summed E-state index contributed by atoms with van der Waals surface area (Å²) in [5.41, 5.74) is 6.74. The lowest BCUT2D eigenvalue weighted by Crippen LogP contribution is -2.31. The van der Waals surface area contributed by atoms with Gasteiger partial charge in [-0.25, -0.2) is 4.90 Å². The van der Waals surface area contributed by atoms with E-state index in [1.807, 2.05) is 12.1 Å². The van der Waals surface area contributed by atoms with Gasteiger partial charge in [0.2, 0.25) is 11.8 Å². The summed E-state index contributed by atoms with van der Waals surface area (Å²) in [4.78, 5) is 26.9. The van der Waals surface area contributed by atoms with Gasteiger partial charge in [-0.2, -0.15) is 0 Å². The second-order valence-electron chi connectivity index (χ2n) is 5.05. The van der Waals surface area contributed by atoms with Crippen molar-refractivity contribution in [2.24, 2.45) is 0 Å². The summed E-state index contributed by atoms with van der Waals surface area (Å²) < 4.78 is 0. The Bertz CT molecular complexity index is 780. The minimum Gasteiger partial charge on any atom is -0.399 e. The van der Waals surface area contributed by atoms with Crippen molar-refractivity contribution >= 4 is 58.2 Å². The first-order chi connectivity index (χ1) is 11.0. The molecule has 2 amide bonds. The van der Waals surface area contributed by atoms with Gasteiger partial charge in [0.05, 0.1) is 21.0 Å². The normalized spacial score (nSPS) is 17.8. The molecule has 2 aromatic rings. The molecule has 4 nitrogen and oxygen atoms in total. The third-order valence-corrected chi connectivity index (χ3v) is 5.36. The molecular weight excluding hydrogens is 355 g/mol. The predicted molar refractivity (Wildman–Crippen MR) is 94.1 cm³/mol. The van der Waals surface area contributed by atoms with Crippen molar-refractivity contribution in [1.82, 2.24) is 0 Å². The average Bonchev–Trinajstić information content (AvgIpc) is 2.79. The number of carbonyl (C=O) groups is 2. The molecular formula is C16H12Cl2N2O2S. The molecule has 0 aliphatic carbocycles. The van der Waals surface area contributed by atoms with Gasteiger partial charge in [0, 0.05) is 17.0 Å². The fourth-order valence-electron chi connectivity index (χ4n) is 2.30. The summed E-state index contributed by atoms with van der Waals surface area (Å²) >= 11 is 13.2. The molecule has 0 saturated carbocycles. The number of nitrogens with two attached hydrogens (primary N) is 1. The third-order valence-electron chi connectivity index (χ3n) is 3.43. The number of amides is 2. The quantitative estimate of drug-likeness (QED) is 0.658. The summed E-state index contributed by atoms with van der Waals surface area (Å²) in [6, 6.07) is 11.9. The zero-order valence-electron chi connectivity index (χ0n) is 11.8. The first-order valence-electron chi connectivity index (χ1n) is 6.80. The first kappa shape index (κ1) is 16.2. The summed E-state index contributed by atoms with van der Waals surface area (Å²) in [6.07, 6.45) is 0.147. The fourth-order valence-corrected chi connectivity index (χ4v) is 3.65. The molecule has 1 aliphatic rings. The molecule has 3 rings (SSSR count).